The molecule has 1 fully saturated rings. The number of aromatic nitrogens is 1. The number of amides is 1. The lowest BCUT2D eigenvalue weighted by Gasteiger charge is -2.23. The van der Waals surface area contributed by atoms with Crippen molar-refractivity contribution in [3.05, 3.63) is 88.1 Å². The molecule has 4 N–H and O–H groups in total. The summed E-state index contributed by atoms with van der Waals surface area (Å²) >= 11 is 13.9. The van der Waals surface area contributed by atoms with Crippen molar-refractivity contribution in [2.45, 2.75) is 42.5 Å². The van der Waals surface area contributed by atoms with Crippen LogP contribution >= 0.6 is 35.6 Å². The number of benzene rings is 2. The summed E-state index contributed by atoms with van der Waals surface area (Å²) in [5.41, 5.74) is 10.1. The molecule has 0 radical (unpaired) electrons. The predicted octanol–water partition coefficient (Wildman–Crippen LogP) is 5.14. The van der Waals surface area contributed by atoms with E-state index in [0.29, 0.717) is 34.1 Å². The summed E-state index contributed by atoms with van der Waals surface area (Å²) in [5, 5.41) is 7.20. The normalized spacial score (nSPS) is 18.6. The van der Waals surface area contributed by atoms with Gasteiger partial charge < -0.3 is 10.6 Å². The summed E-state index contributed by atoms with van der Waals surface area (Å²) in [6.45, 7) is 4.86. The van der Waals surface area contributed by atoms with Gasteiger partial charge in [0.25, 0.3) is 5.91 Å². The number of hydrazine groups is 1. The first-order chi connectivity index (χ1) is 18.5. The van der Waals surface area contributed by atoms with Crippen LogP contribution in [0, 0.1) is 0 Å². The number of hydrogen-bond acceptors (Lipinski definition) is 6. The number of nitrogens with zero attached hydrogens (tertiary/aromatic N) is 2. The van der Waals surface area contributed by atoms with Crippen LogP contribution in [-0.4, -0.2) is 46.6 Å². The zero-order valence-corrected chi connectivity index (χ0v) is 23.6. The summed E-state index contributed by atoms with van der Waals surface area (Å²) in [4.78, 5) is 20.7. The Morgan fingerprint density at radius 2 is 1.97 bits per heavy atom. The largest absolute Gasteiger partial charge is 0.350 e. The molecular weight excluding hydrogens is 536 g/mol. The number of rotatable bonds is 7. The van der Waals surface area contributed by atoms with Crippen LogP contribution in [0.25, 0.3) is 0 Å². The van der Waals surface area contributed by atoms with Gasteiger partial charge in [0.2, 0.25) is 0 Å². The van der Waals surface area contributed by atoms with Gasteiger partial charge in [-0.2, -0.15) is 0 Å². The topological polar surface area (TPSA) is 81.3 Å². The van der Waals surface area contributed by atoms with E-state index in [1.54, 1.807) is 6.07 Å². The number of fused-ring (bicyclic) bond motifs is 2. The lowest BCUT2D eigenvalue weighted by atomic mass is 9.95. The van der Waals surface area contributed by atoms with Crippen LogP contribution in [0.2, 0.25) is 5.02 Å². The van der Waals surface area contributed by atoms with Gasteiger partial charge in [-0.3, -0.25) is 20.5 Å². The number of likely N-dealkylation sites (tertiary alicyclic amines) is 1. The van der Waals surface area contributed by atoms with Crippen molar-refractivity contribution in [2.75, 3.05) is 25.1 Å². The summed E-state index contributed by atoms with van der Waals surface area (Å²) in [6.07, 6.45) is 3.79. The number of nitrogens with one attached hydrogen (secondary N) is 4. The summed E-state index contributed by atoms with van der Waals surface area (Å²) < 4.78 is 0. The second-order valence-corrected chi connectivity index (χ2v) is 11.2. The van der Waals surface area contributed by atoms with Crippen molar-refractivity contribution < 1.29 is 4.79 Å². The molecule has 10 heteroatoms. The number of thiocarbonyl (C=S) groups is 1. The number of carbonyl (C=O) groups excluding carboxylic acids is 1. The number of pyridine rings is 1. The first-order valence-electron chi connectivity index (χ1n) is 12.8. The number of hydrogen-bond donors (Lipinski definition) is 4. The fourth-order valence-corrected chi connectivity index (χ4v) is 6.55. The van der Waals surface area contributed by atoms with E-state index in [-0.39, 0.29) is 11.9 Å². The molecule has 0 bridgehead atoms. The molecule has 198 valence electrons. The molecule has 2 aliphatic heterocycles. The molecule has 3 heterocycles. The zero-order valence-electron chi connectivity index (χ0n) is 21.2. The summed E-state index contributed by atoms with van der Waals surface area (Å²) in [5.74, 6) is 1.11. The minimum absolute atomic E-state index is 0.0998. The second kappa shape index (κ2) is 12.3. The van der Waals surface area contributed by atoms with Crippen molar-refractivity contribution in [2.24, 2.45) is 0 Å². The van der Waals surface area contributed by atoms with Crippen LogP contribution in [-0.2, 0) is 5.75 Å². The van der Waals surface area contributed by atoms with Gasteiger partial charge >= 0.3 is 0 Å². The maximum atomic E-state index is 12.7. The Hall–Kier alpha value is -2.85. The van der Waals surface area contributed by atoms with Crippen LogP contribution in [0.1, 0.15) is 52.9 Å². The third-order valence-corrected chi connectivity index (χ3v) is 8.70. The fraction of sp³-hybridized carbons (Fsp3) is 0.321. The first-order valence-corrected chi connectivity index (χ1v) is 14.6. The zero-order chi connectivity index (χ0) is 26.5. The van der Waals surface area contributed by atoms with Crippen molar-refractivity contribution in [1.82, 2.24) is 25.9 Å². The average Bonchev–Trinajstić information content (AvgIpc) is 3.34. The number of likely N-dealkylation sites (N-methyl/N-ethyl adjacent to an activating group) is 1. The molecule has 1 aromatic heterocycles. The van der Waals surface area contributed by atoms with E-state index in [1.807, 2.05) is 17.8 Å². The fourth-order valence-electron chi connectivity index (χ4n) is 5.07. The van der Waals surface area contributed by atoms with Gasteiger partial charge in [0.05, 0.1) is 16.6 Å². The van der Waals surface area contributed by atoms with Crippen LogP contribution in [0.5, 0.6) is 0 Å². The van der Waals surface area contributed by atoms with Crippen molar-refractivity contribution in [1.29, 1.82) is 0 Å². The lowest BCUT2D eigenvalue weighted by molar-refractivity contribution is 0.0941. The van der Waals surface area contributed by atoms with E-state index < -0.39 is 0 Å². The van der Waals surface area contributed by atoms with Crippen LogP contribution in [0.4, 0.5) is 5.82 Å². The molecule has 0 saturated carbocycles. The predicted molar refractivity (Wildman–Crippen MR) is 159 cm³/mol. The molecule has 0 aliphatic carbocycles. The molecule has 5 rings (SSSR count). The van der Waals surface area contributed by atoms with Crippen LogP contribution in [0.15, 0.2) is 65.7 Å². The van der Waals surface area contributed by atoms with Crippen LogP contribution < -0.4 is 21.5 Å². The molecule has 7 nitrogen and oxygen atoms in total. The van der Waals surface area contributed by atoms with E-state index in [4.69, 9.17) is 23.8 Å². The molecule has 2 aromatic carbocycles. The average molecular weight is 567 g/mol. The highest BCUT2D eigenvalue weighted by molar-refractivity contribution is 7.98. The van der Waals surface area contributed by atoms with Gasteiger partial charge in [-0.05, 0) is 67.0 Å². The smallest absolute Gasteiger partial charge is 0.252 e. The van der Waals surface area contributed by atoms with Crippen molar-refractivity contribution >= 4 is 52.4 Å². The Balaban J connectivity index is 1.21. The number of halogens is 1. The maximum absolute atomic E-state index is 12.7. The van der Waals surface area contributed by atoms with Gasteiger partial charge in [-0.25, -0.2) is 4.98 Å². The van der Waals surface area contributed by atoms with E-state index in [2.05, 4.69) is 80.8 Å². The molecule has 2 atom stereocenters. The number of anilines is 1. The Labute approximate surface area is 238 Å². The Bertz CT molecular complexity index is 1270. The number of thioether (sulfide) groups is 1. The summed E-state index contributed by atoms with van der Waals surface area (Å²) in [7, 11) is 0. The standard InChI is InChI=1S/C28H31ClN6OS2/c1-2-35-13-7-9-20(35)16-31-27(36)19-14-23(29)26(30-15-19)33-34-28(37)32-25-21-10-4-3-8-18(21)17-38-24-12-6-5-11-22(24)25/h3-6,8,10-12,14-15,20,25H,2,7,9,13,16-17H2,1H3,(H,30,33)(H,31,36)(H2,32,34,37). The third kappa shape index (κ3) is 6.07. The highest BCUT2D eigenvalue weighted by Crippen LogP contribution is 2.39. The van der Waals surface area contributed by atoms with E-state index in [0.717, 1.165) is 25.3 Å². The lowest BCUT2D eigenvalue weighted by Crippen LogP contribution is -2.41. The quantitative estimate of drug-likeness (QED) is 0.231. The summed E-state index contributed by atoms with van der Waals surface area (Å²) in [6, 6.07) is 18.7. The Morgan fingerprint density at radius 1 is 1.18 bits per heavy atom. The SMILES string of the molecule is CCN1CCCC1CNC(=O)c1cnc(NNC(=S)NC2c3ccccc3CSc3ccccc32)c(Cl)c1. The molecular formula is C28H31ClN6OS2. The van der Waals surface area contributed by atoms with Crippen LogP contribution in [0.3, 0.4) is 0 Å². The van der Waals surface area contributed by atoms with E-state index >= 15 is 0 Å². The van der Waals surface area contributed by atoms with Gasteiger partial charge in [-0.1, -0.05) is 61.0 Å². The monoisotopic (exact) mass is 566 g/mol. The molecule has 1 saturated heterocycles. The van der Waals surface area contributed by atoms with E-state index in [9.17, 15) is 4.79 Å². The third-order valence-electron chi connectivity index (χ3n) is 7.06. The van der Waals surface area contributed by atoms with Gasteiger partial charge in [0.15, 0.2) is 10.9 Å². The number of carbonyl (C=O) groups is 1. The molecule has 2 aliphatic rings. The first kappa shape index (κ1) is 26.7. The second-order valence-electron chi connectivity index (χ2n) is 9.37. The van der Waals surface area contributed by atoms with Crippen molar-refractivity contribution in [3.8, 4) is 0 Å². The highest BCUT2D eigenvalue weighted by Gasteiger charge is 2.25. The Kier molecular flexibility index (Phi) is 8.68. The molecule has 1 amide bonds. The minimum atomic E-state index is -0.178. The molecule has 38 heavy (non-hydrogen) atoms. The molecule has 0 spiro atoms. The highest BCUT2D eigenvalue weighted by atomic mass is 35.5. The van der Waals surface area contributed by atoms with Gasteiger partial charge in [0, 0.05) is 29.4 Å². The van der Waals surface area contributed by atoms with E-state index in [1.165, 1.54) is 34.2 Å². The van der Waals surface area contributed by atoms with Crippen molar-refractivity contribution in [3.63, 3.8) is 0 Å². The molecule has 3 aromatic rings. The van der Waals surface area contributed by atoms with Gasteiger partial charge in [-0.15, -0.1) is 11.8 Å². The van der Waals surface area contributed by atoms with Gasteiger partial charge in [0.1, 0.15) is 0 Å². The maximum Gasteiger partial charge on any atom is 0.252 e. The molecule has 2 unspecified atom stereocenters. The minimum Gasteiger partial charge on any atom is -0.350 e. The Morgan fingerprint density at radius 3 is 2.79 bits per heavy atom.